The van der Waals surface area contributed by atoms with Gasteiger partial charge in [-0.2, -0.15) is 0 Å². The van der Waals surface area contributed by atoms with Gasteiger partial charge in [-0.1, -0.05) is 19.8 Å². The molecule has 1 saturated carbocycles. The minimum absolute atomic E-state index is 0.293. The first-order valence-corrected chi connectivity index (χ1v) is 7.00. The number of hydrogen-bond acceptors (Lipinski definition) is 2. The van der Waals surface area contributed by atoms with Gasteiger partial charge in [-0.05, 0) is 47.7 Å². The Hall–Kier alpha value is -0.280. The van der Waals surface area contributed by atoms with Crippen molar-refractivity contribution >= 4 is 15.9 Å². The summed E-state index contributed by atoms with van der Waals surface area (Å²) in [5, 5.41) is 3.70. The first kappa shape index (κ1) is 12.2. The van der Waals surface area contributed by atoms with Crippen LogP contribution in [0.3, 0.4) is 0 Å². The lowest BCUT2D eigenvalue weighted by atomic mass is 10.00. The van der Waals surface area contributed by atoms with Crippen molar-refractivity contribution in [2.75, 3.05) is 0 Å². The Bertz CT molecular complexity index is 336. The van der Waals surface area contributed by atoms with E-state index in [2.05, 4.69) is 35.1 Å². The standard InChI is InChI=1S/C13H20BrNO/c1-3-10-5-4-6-12(10)15-9(2)13-11(14)7-8-16-13/h7-10,12,15H,3-6H2,1-2H3. The van der Waals surface area contributed by atoms with Gasteiger partial charge < -0.3 is 9.73 Å². The highest BCUT2D eigenvalue weighted by Gasteiger charge is 2.27. The Labute approximate surface area is 106 Å². The van der Waals surface area contributed by atoms with E-state index >= 15 is 0 Å². The van der Waals surface area contributed by atoms with Crippen molar-refractivity contribution in [3.63, 3.8) is 0 Å². The van der Waals surface area contributed by atoms with Crippen molar-refractivity contribution in [3.05, 3.63) is 22.6 Å². The molecule has 2 nitrogen and oxygen atoms in total. The van der Waals surface area contributed by atoms with Crippen LogP contribution in [0.2, 0.25) is 0 Å². The number of halogens is 1. The molecule has 16 heavy (non-hydrogen) atoms. The molecule has 1 fully saturated rings. The van der Waals surface area contributed by atoms with Crippen LogP contribution in [0.5, 0.6) is 0 Å². The van der Waals surface area contributed by atoms with Gasteiger partial charge in [0.2, 0.25) is 0 Å². The van der Waals surface area contributed by atoms with Crippen LogP contribution < -0.4 is 5.32 Å². The Morgan fingerprint density at radius 1 is 1.56 bits per heavy atom. The molecule has 1 aliphatic rings. The Balaban J connectivity index is 1.97. The molecule has 0 aromatic carbocycles. The molecule has 3 heteroatoms. The fourth-order valence-electron chi connectivity index (χ4n) is 2.76. The maximum Gasteiger partial charge on any atom is 0.134 e. The van der Waals surface area contributed by atoms with Gasteiger partial charge in [0.25, 0.3) is 0 Å². The number of rotatable bonds is 4. The molecule has 1 heterocycles. The van der Waals surface area contributed by atoms with Crippen LogP contribution >= 0.6 is 15.9 Å². The van der Waals surface area contributed by atoms with Crippen LogP contribution in [0.25, 0.3) is 0 Å². The van der Waals surface area contributed by atoms with E-state index in [0.29, 0.717) is 12.1 Å². The van der Waals surface area contributed by atoms with Gasteiger partial charge >= 0.3 is 0 Å². The average Bonchev–Trinajstić information content (AvgIpc) is 2.86. The average molecular weight is 286 g/mol. The van der Waals surface area contributed by atoms with Gasteiger partial charge in [-0.15, -0.1) is 0 Å². The lowest BCUT2D eigenvalue weighted by Gasteiger charge is -2.23. The number of hydrogen-bond donors (Lipinski definition) is 1. The second kappa shape index (κ2) is 5.37. The lowest BCUT2D eigenvalue weighted by molar-refractivity contribution is 0.331. The van der Waals surface area contributed by atoms with Gasteiger partial charge in [0.05, 0.1) is 16.8 Å². The molecule has 0 spiro atoms. The summed E-state index contributed by atoms with van der Waals surface area (Å²) in [4.78, 5) is 0. The predicted octanol–water partition coefficient (Wildman–Crippen LogP) is 4.27. The molecule has 1 aromatic rings. The SMILES string of the molecule is CCC1CCCC1NC(C)c1occc1Br. The number of furan rings is 1. The fourth-order valence-corrected chi connectivity index (χ4v) is 3.30. The van der Waals surface area contributed by atoms with E-state index in [1.54, 1.807) is 6.26 Å². The Morgan fingerprint density at radius 2 is 2.38 bits per heavy atom. The first-order chi connectivity index (χ1) is 7.72. The van der Waals surface area contributed by atoms with Crippen molar-refractivity contribution in [2.45, 2.75) is 51.6 Å². The van der Waals surface area contributed by atoms with Gasteiger partial charge in [0, 0.05) is 6.04 Å². The molecule has 3 atom stereocenters. The van der Waals surface area contributed by atoms with Crippen LogP contribution in [0.15, 0.2) is 21.2 Å². The third-order valence-corrected chi connectivity index (χ3v) is 4.34. The molecular weight excluding hydrogens is 266 g/mol. The molecule has 0 saturated heterocycles. The summed E-state index contributed by atoms with van der Waals surface area (Å²) in [5.74, 6) is 1.86. The Kier molecular flexibility index (Phi) is 4.09. The normalized spacial score (nSPS) is 27.2. The van der Waals surface area contributed by atoms with Crippen molar-refractivity contribution in [3.8, 4) is 0 Å². The second-order valence-corrected chi connectivity index (χ2v) is 5.58. The quantitative estimate of drug-likeness (QED) is 0.894. The van der Waals surface area contributed by atoms with Crippen LogP contribution in [0.1, 0.15) is 51.3 Å². The van der Waals surface area contributed by atoms with Crippen molar-refractivity contribution in [2.24, 2.45) is 5.92 Å². The van der Waals surface area contributed by atoms with E-state index in [1.807, 2.05) is 6.07 Å². The van der Waals surface area contributed by atoms with Crippen molar-refractivity contribution in [1.29, 1.82) is 0 Å². The monoisotopic (exact) mass is 285 g/mol. The van der Waals surface area contributed by atoms with Gasteiger partial charge in [0.15, 0.2) is 0 Å². The summed E-state index contributed by atoms with van der Waals surface area (Å²) < 4.78 is 6.56. The fraction of sp³-hybridized carbons (Fsp3) is 0.692. The molecule has 0 aliphatic heterocycles. The van der Waals surface area contributed by atoms with Crippen molar-refractivity contribution in [1.82, 2.24) is 5.32 Å². The largest absolute Gasteiger partial charge is 0.466 e. The second-order valence-electron chi connectivity index (χ2n) is 4.73. The molecule has 0 bridgehead atoms. The molecule has 90 valence electrons. The van der Waals surface area contributed by atoms with E-state index in [9.17, 15) is 0 Å². The van der Waals surface area contributed by atoms with E-state index < -0.39 is 0 Å². The number of nitrogens with one attached hydrogen (secondary N) is 1. The Morgan fingerprint density at radius 3 is 3.00 bits per heavy atom. The smallest absolute Gasteiger partial charge is 0.134 e. The molecule has 1 N–H and O–H groups in total. The zero-order valence-electron chi connectivity index (χ0n) is 10.0. The predicted molar refractivity (Wildman–Crippen MR) is 69.4 cm³/mol. The zero-order valence-corrected chi connectivity index (χ0v) is 11.6. The van der Waals surface area contributed by atoms with Crippen molar-refractivity contribution < 1.29 is 4.42 Å². The lowest BCUT2D eigenvalue weighted by Crippen LogP contribution is -2.34. The van der Waals surface area contributed by atoms with Crippen LogP contribution in [0, 0.1) is 5.92 Å². The summed E-state index contributed by atoms with van der Waals surface area (Å²) >= 11 is 3.51. The molecule has 2 rings (SSSR count). The maximum atomic E-state index is 5.50. The van der Waals surface area contributed by atoms with Crippen LogP contribution in [0.4, 0.5) is 0 Å². The first-order valence-electron chi connectivity index (χ1n) is 6.21. The molecule has 1 aromatic heterocycles. The summed E-state index contributed by atoms with van der Waals surface area (Å²) in [7, 11) is 0. The van der Waals surface area contributed by atoms with Crippen LogP contribution in [-0.4, -0.2) is 6.04 Å². The molecule has 0 radical (unpaired) electrons. The summed E-state index contributed by atoms with van der Waals surface area (Å²) in [6, 6.07) is 2.91. The van der Waals surface area contributed by atoms with Gasteiger partial charge in [0.1, 0.15) is 5.76 Å². The van der Waals surface area contributed by atoms with Gasteiger partial charge in [-0.3, -0.25) is 0 Å². The highest BCUT2D eigenvalue weighted by molar-refractivity contribution is 9.10. The summed E-state index contributed by atoms with van der Waals surface area (Å²) in [5.41, 5.74) is 0. The summed E-state index contributed by atoms with van der Waals surface area (Å²) in [6.45, 7) is 4.47. The minimum Gasteiger partial charge on any atom is -0.466 e. The molecule has 0 amide bonds. The molecule has 3 unspecified atom stereocenters. The maximum absolute atomic E-state index is 5.50. The topological polar surface area (TPSA) is 25.2 Å². The molecule has 1 aliphatic carbocycles. The third-order valence-electron chi connectivity index (χ3n) is 3.69. The zero-order chi connectivity index (χ0) is 11.5. The third kappa shape index (κ3) is 2.51. The van der Waals surface area contributed by atoms with E-state index in [0.717, 1.165) is 16.2 Å². The molecular formula is C13H20BrNO. The minimum atomic E-state index is 0.293. The van der Waals surface area contributed by atoms with E-state index in [-0.39, 0.29) is 0 Å². The highest BCUT2D eigenvalue weighted by Crippen LogP contribution is 2.31. The van der Waals surface area contributed by atoms with Crippen LogP contribution in [-0.2, 0) is 0 Å². The highest BCUT2D eigenvalue weighted by atomic mass is 79.9. The van der Waals surface area contributed by atoms with E-state index in [4.69, 9.17) is 4.42 Å². The summed E-state index contributed by atoms with van der Waals surface area (Å²) in [6.07, 6.45) is 7.07. The van der Waals surface area contributed by atoms with Gasteiger partial charge in [-0.25, -0.2) is 0 Å². The van der Waals surface area contributed by atoms with E-state index in [1.165, 1.54) is 25.7 Å².